The molecule has 4 nitrogen and oxygen atoms in total. The molecule has 1 atom stereocenters. The Balaban J connectivity index is 2.14. The summed E-state index contributed by atoms with van der Waals surface area (Å²) in [5.41, 5.74) is 3.70. The molecule has 0 aliphatic carbocycles. The molecule has 0 aromatic heterocycles. The van der Waals surface area contributed by atoms with Crippen LogP contribution in [0.5, 0.6) is 5.75 Å². The van der Waals surface area contributed by atoms with Gasteiger partial charge in [0.25, 0.3) is 0 Å². The van der Waals surface area contributed by atoms with Gasteiger partial charge in [0.15, 0.2) is 0 Å². The second kappa shape index (κ2) is 7.46. The van der Waals surface area contributed by atoms with E-state index in [-0.39, 0.29) is 5.91 Å². The van der Waals surface area contributed by atoms with Crippen LogP contribution in [0.1, 0.15) is 16.7 Å². The number of ether oxygens (including phenoxy) is 1. The number of methoxy groups -OCH3 is 1. The van der Waals surface area contributed by atoms with Crippen molar-refractivity contribution in [3.63, 3.8) is 0 Å². The molecule has 0 radical (unpaired) electrons. The van der Waals surface area contributed by atoms with E-state index in [2.05, 4.69) is 11.4 Å². The highest BCUT2D eigenvalue weighted by molar-refractivity contribution is 5.94. The van der Waals surface area contributed by atoms with Crippen molar-refractivity contribution in [2.24, 2.45) is 5.92 Å². The number of aryl methyl sites for hydroxylation is 2. The van der Waals surface area contributed by atoms with Gasteiger partial charge in [0.2, 0.25) is 5.91 Å². The van der Waals surface area contributed by atoms with E-state index in [1.165, 1.54) is 0 Å². The van der Waals surface area contributed by atoms with Crippen LogP contribution in [0.25, 0.3) is 0 Å². The van der Waals surface area contributed by atoms with E-state index in [0.29, 0.717) is 17.9 Å². The van der Waals surface area contributed by atoms with E-state index in [9.17, 15) is 10.1 Å². The predicted octanol–water partition coefficient (Wildman–Crippen LogP) is 3.63. The van der Waals surface area contributed by atoms with Gasteiger partial charge < -0.3 is 10.1 Å². The Labute approximate surface area is 136 Å². The number of carbonyl (C=O) groups is 1. The maximum atomic E-state index is 12.4. The van der Waals surface area contributed by atoms with Crippen LogP contribution in [0.2, 0.25) is 0 Å². The second-order valence-electron chi connectivity index (χ2n) is 5.56. The van der Waals surface area contributed by atoms with Crippen LogP contribution in [0.3, 0.4) is 0 Å². The molecule has 118 valence electrons. The van der Waals surface area contributed by atoms with Crippen molar-refractivity contribution < 1.29 is 9.53 Å². The lowest BCUT2D eigenvalue weighted by molar-refractivity contribution is -0.118. The summed E-state index contributed by atoms with van der Waals surface area (Å²) in [6, 6.07) is 15.3. The van der Waals surface area contributed by atoms with Gasteiger partial charge in [0.1, 0.15) is 11.7 Å². The number of nitrogens with one attached hydrogen (secondary N) is 1. The lowest BCUT2D eigenvalue weighted by Gasteiger charge is -2.13. The Morgan fingerprint density at radius 1 is 1.22 bits per heavy atom. The Bertz CT molecular complexity index is 727. The predicted molar refractivity (Wildman–Crippen MR) is 90.3 cm³/mol. The van der Waals surface area contributed by atoms with Crippen LogP contribution < -0.4 is 10.1 Å². The first kappa shape index (κ1) is 16.6. The molecule has 4 heteroatoms. The summed E-state index contributed by atoms with van der Waals surface area (Å²) in [6.07, 6.45) is 0.317. The molecule has 2 rings (SSSR count). The number of rotatable bonds is 5. The Morgan fingerprint density at radius 3 is 2.48 bits per heavy atom. The number of para-hydroxylation sites is 1. The highest BCUT2D eigenvalue weighted by atomic mass is 16.5. The second-order valence-corrected chi connectivity index (χ2v) is 5.56. The number of hydrogen-bond donors (Lipinski definition) is 1. The lowest BCUT2D eigenvalue weighted by atomic mass is 9.99. The topological polar surface area (TPSA) is 62.1 Å². The van der Waals surface area contributed by atoms with Crippen molar-refractivity contribution in [3.05, 3.63) is 59.2 Å². The third kappa shape index (κ3) is 4.33. The molecule has 2 aromatic rings. The molecule has 0 heterocycles. The van der Waals surface area contributed by atoms with Crippen LogP contribution >= 0.6 is 0 Å². The Kier molecular flexibility index (Phi) is 5.37. The molecule has 23 heavy (non-hydrogen) atoms. The fourth-order valence-corrected chi connectivity index (χ4v) is 2.56. The molecule has 0 bridgehead atoms. The minimum Gasteiger partial charge on any atom is -0.496 e. The van der Waals surface area contributed by atoms with Gasteiger partial charge >= 0.3 is 0 Å². The summed E-state index contributed by atoms with van der Waals surface area (Å²) in [4.78, 5) is 12.4. The van der Waals surface area contributed by atoms with Crippen molar-refractivity contribution in [1.29, 1.82) is 5.26 Å². The number of nitriles is 1. The maximum absolute atomic E-state index is 12.4. The van der Waals surface area contributed by atoms with Gasteiger partial charge in [0.05, 0.1) is 13.2 Å². The number of nitrogens with zero attached hydrogens (tertiary/aromatic N) is 1. The highest BCUT2D eigenvalue weighted by Gasteiger charge is 2.20. The zero-order valence-corrected chi connectivity index (χ0v) is 13.6. The molecule has 1 amide bonds. The number of carbonyl (C=O) groups excluding carboxylic acids is 1. The van der Waals surface area contributed by atoms with Gasteiger partial charge in [-0.25, -0.2) is 0 Å². The minimum absolute atomic E-state index is 0.302. The summed E-state index contributed by atoms with van der Waals surface area (Å²) in [7, 11) is 1.58. The fraction of sp³-hybridized carbons (Fsp3) is 0.263. The number of hydrogen-bond acceptors (Lipinski definition) is 3. The van der Waals surface area contributed by atoms with Crippen molar-refractivity contribution in [2.75, 3.05) is 12.4 Å². The molecule has 0 saturated heterocycles. The van der Waals surface area contributed by atoms with Crippen LogP contribution in [-0.4, -0.2) is 13.0 Å². The van der Waals surface area contributed by atoms with Crippen molar-refractivity contribution in [2.45, 2.75) is 20.3 Å². The van der Waals surface area contributed by atoms with Crippen LogP contribution in [0, 0.1) is 31.1 Å². The average molecular weight is 308 g/mol. The molecule has 0 aliphatic rings. The minimum atomic E-state index is -0.771. The van der Waals surface area contributed by atoms with Crippen molar-refractivity contribution in [3.8, 4) is 11.8 Å². The lowest BCUT2D eigenvalue weighted by Crippen LogP contribution is -2.23. The molecule has 2 aromatic carbocycles. The Morgan fingerprint density at radius 2 is 1.87 bits per heavy atom. The van der Waals surface area contributed by atoms with Gasteiger partial charge in [-0.05, 0) is 48.7 Å². The first-order valence-electron chi connectivity index (χ1n) is 7.44. The van der Waals surface area contributed by atoms with Gasteiger partial charge in [-0.15, -0.1) is 0 Å². The van der Waals surface area contributed by atoms with E-state index in [1.807, 2.05) is 56.3 Å². The molecular weight excluding hydrogens is 288 g/mol. The summed E-state index contributed by atoms with van der Waals surface area (Å²) < 4.78 is 5.28. The maximum Gasteiger partial charge on any atom is 0.242 e. The standard InChI is InChI=1S/C19H20N2O2/c1-13-8-14(2)10-17(9-13)21-19(22)16(12-20)11-15-6-4-5-7-18(15)23-3/h4-10,16H,11H2,1-3H3,(H,21,22). The summed E-state index contributed by atoms with van der Waals surface area (Å²) >= 11 is 0. The van der Waals surface area contributed by atoms with Crippen molar-refractivity contribution >= 4 is 11.6 Å². The van der Waals surface area contributed by atoms with Gasteiger partial charge in [-0.1, -0.05) is 24.3 Å². The van der Waals surface area contributed by atoms with E-state index in [0.717, 1.165) is 16.7 Å². The summed E-state index contributed by atoms with van der Waals surface area (Å²) in [6.45, 7) is 3.94. The van der Waals surface area contributed by atoms with E-state index < -0.39 is 5.92 Å². The van der Waals surface area contributed by atoms with E-state index in [1.54, 1.807) is 7.11 Å². The molecular formula is C19H20N2O2. The Hall–Kier alpha value is -2.80. The normalized spacial score (nSPS) is 11.4. The number of benzene rings is 2. The largest absolute Gasteiger partial charge is 0.496 e. The molecule has 1 unspecified atom stereocenters. The first-order chi connectivity index (χ1) is 11.0. The molecule has 0 spiro atoms. The summed E-state index contributed by atoms with van der Waals surface area (Å²) in [5.74, 6) is -0.387. The SMILES string of the molecule is COc1ccccc1CC(C#N)C(=O)Nc1cc(C)cc(C)c1. The van der Waals surface area contributed by atoms with Crippen LogP contribution in [0.4, 0.5) is 5.69 Å². The molecule has 0 saturated carbocycles. The number of amides is 1. The van der Waals surface area contributed by atoms with Crippen molar-refractivity contribution in [1.82, 2.24) is 0 Å². The third-order valence-corrected chi connectivity index (χ3v) is 3.58. The molecule has 0 fully saturated rings. The summed E-state index contributed by atoms with van der Waals surface area (Å²) in [5, 5.41) is 12.2. The average Bonchev–Trinajstić information content (AvgIpc) is 2.51. The quantitative estimate of drug-likeness (QED) is 0.917. The zero-order chi connectivity index (χ0) is 16.8. The first-order valence-corrected chi connectivity index (χ1v) is 7.44. The monoisotopic (exact) mass is 308 g/mol. The molecule has 0 aliphatic heterocycles. The van der Waals surface area contributed by atoms with E-state index >= 15 is 0 Å². The smallest absolute Gasteiger partial charge is 0.242 e. The van der Waals surface area contributed by atoms with Gasteiger partial charge in [-0.2, -0.15) is 5.26 Å². The highest BCUT2D eigenvalue weighted by Crippen LogP contribution is 2.22. The van der Waals surface area contributed by atoms with Crippen LogP contribution in [0.15, 0.2) is 42.5 Å². The third-order valence-electron chi connectivity index (χ3n) is 3.58. The molecule has 1 N–H and O–H groups in total. The van der Waals surface area contributed by atoms with Gasteiger partial charge in [0, 0.05) is 12.1 Å². The van der Waals surface area contributed by atoms with Crippen LogP contribution in [-0.2, 0) is 11.2 Å². The fourth-order valence-electron chi connectivity index (χ4n) is 2.56. The van der Waals surface area contributed by atoms with Gasteiger partial charge in [-0.3, -0.25) is 4.79 Å². The number of anilines is 1. The van der Waals surface area contributed by atoms with E-state index in [4.69, 9.17) is 4.74 Å². The zero-order valence-electron chi connectivity index (χ0n) is 13.6.